The van der Waals surface area contributed by atoms with Gasteiger partial charge in [0.15, 0.2) is 0 Å². The molecule has 2 N–H and O–H groups in total. The van der Waals surface area contributed by atoms with Gasteiger partial charge < -0.3 is 15.0 Å². The van der Waals surface area contributed by atoms with Gasteiger partial charge in [0.05, 0.1) is 11.3 Å². The fraction of sp³-hybridized carbons (Fsp3) is 0.300. The fourth-order valence-electron chi connectivity index (χ4n) is 3.31. The second-order valence-electron chi connectivity index (χ2n) is 6.72. The number of piperidine rings is 1. The number of carbonyl (C=O) groups excluding carboxylic acids is 1. The molecule has 1 saturated heterocycles. The number of aromatic nitrogens is 2. The van der Waals surface area contributed by atoms with Crippen molar-refractivity contribution in [3.63, 3.8) is 0 Å². The molecule has 0 aliphatic carbocycles. The van der Waals surface area contributed by atoms with E-state index in [1.54, 1.807) is 24.4 Å². The van der Waals surface area contributed by atoms with E-state index in [0.717, 1.165) is 42.8 Å². The van der Waals surface area contributed by atoms with Gasteiger partial charge in [0.1, 0.15) is 11.5 Å². The Kier molecular flexibility index (Phi) is 4.67. The van der Waals surface area contributed by atoms with Crippen LogP contribution in [0.1, 0.15) is 23.2 Å². The maximum Gasteiger partial charge on any atom is 0.252 e. The summed E-state index contributed by atoms with van der Waals surface area (Å²) in [6, 6.07) is 9.84. The molecule has 3 aromatic rings. The van der Waals surface area contributed by atoms with E-state index in [1.807, 2.05) is 16.7 Å². The fourth-order valence-corrected chi connectivity index (χ4v) is 3.31. The minimum atomic E-state index is -0.273. The van der Waals surface area contributed by atoms with Crippen molar-refractivity contribution in [1.29, 1.82) is 0 Å². The van der Waals surface area contributed by atoms with Gasteiger partial charge in [-0.05, 0) is 68.2 Å². The molecule has 1 aliphatic rings. The number of rotatable bonds is 4. The number of hydrogen-bond donors (Lipinski definition) is 2. The third-order valence-corrected chi connectivity index (χ3v) is 4.86. The monoisotopic (exact) mass is 352 g/mol. The lowest BCUT2D eigenvalue weighted by atomic mass is 9.98. The summed E-state index contributed by atoms with van der Waals surface area (Å²) in [5.41, 5.74) is 2.94. The van der Waals surface area contributed by atoms with E-state index in [0.29, 0.717) is 18.0 Å². The zero-order valence-electron chi connectivity index (χ0n) is 14.4. The standard InChI is InChI=1S/C20H21FN4O/c21-17-4-1-15(2-5-17)18-13-25-12-16(3-6-19(25)24-18)20(26)23-11-14-7-9-22-10-8-14/h1-6,12-14,22H,7-11H2,(H,23,26). The van der Waals surface area contributed by atoms with Crippen molar-refractivity contribution < 1.29 is 9.18 Å². The van der Waals surface area contributed by atoms with Crippen LogP contribution in [-0.4, -0.2) is 34.9 Å². The smallest absolute Gasteiger partial charge is 0.252 e. The van der Waals surface area contributed by atoms with Crippen molar-refractivity contribution in [2.45, 2.75) is 12.8 Å². The SMILES string of the molecule is O=C(NCC1CCNCC1)c1ccc2nc(-c3ccc(F)cc3)cn2c1. The summed E-state index contributed by atoms with van der Waals surface area (Å²) in [4.78, 5) is 17.0. The number of fused-ring (bicyclic) bond motifs is 1. The summed E-state index contributed by atoms with van der Waals surface area (Å²) in [5, 5.41) is 6.37. The zero-order valence-corrected chi connectivity index (χ0v) is 14.4. The highest BCUT2D eigenvalue weighted by atomic mass is 19.1. The average molecular weight is 352 g/mol. The Morgan fingerprint density at radius 2 is 1.92 bits per heavy atom. The van der Waals surface area contributed by atoms with Gasteiger partial charge in [0, 0.05) is 24.5 Å². The van der Waals surface area contributed by atoms with Crippen LogP contribution in [0.5, 0.6) is 0 Å². The van der Waals surface area contributed by atoms with E-state index in [2.05, 4.69) is 15.6 Å². The second-order valence-corrected chi connectivity index (χ2v) is 6.72. The summed E-state index contributed by atoms with van der Waals surface area (Å²) < 4.78 is 14.9. The molecule has 26 heavy (non-hydrogen) atoms. The van der Waals surface area contributed by atoms with Crippen LogP contribution in [0.25, 0.3) is 16.9 Å². The molecule has 134 valence electrons. The molecule has 0 spiro atoms. The predicted octanol–water partition coefficient (Wildman–Crippen LogP) is 2.87. The number of pyridine rings is 1. The van der Waals surface area contributed by atoms with Crippen LogP contribution >= 0.6 is 0 Å². The first-order chi connectivity index (χ1) is 12.7. The molecule has 4 rings (SSSR count). The summed E-state index contributed by atoms with van der Waals surface area (Å²) in [6.07, 6.45) is 5.84. The van der Waals surface area contributed by atoms with Crippen molar-refractivity contribution >= 4 is 11.6 Å². The normalized spacial score (nSPS) is 15.3. The molecule has 5 nitrogen and oxygen atoms in total. The average Bonchev–Trinajstić information content (AvgIpc) is 3.10. The Bertz CT molecular complexity index is 913. The van der Waals surface area contributed by atoms with E-state index in [9.17, 15) is 9.18 Å². The first-order valence-electron chi connectivity index (χ1n) is 8.93. The van der Waals surface area contributed by atoms with Crippen molar-refractivity contribution in [1.82, 2.24) is 20.0 Å². The highest BCUT2D eigenvalue weighted by Gasteiger charge is 2.15. The lowest BCUT2D eigenvalue weighted by Gasteiger charge is -2.22. The van der Waals surface area contributed by atoms with E-state index in [-0.39, 0.29) is 11.7 Å². The lowest BCUT2D eigenvalue weighted by molar-refractivity contribution is 0.0944. The zero-order chi connectivity index (χ0) is 17.9. The van der Waals surface area contributed by atoms with Gasteiger partial charge >= 0.3 is 0 Å². The number of benzene rings is 1. The maximum atomic E-state index is 13.1. The van der Waals surface area contributed by atoms with Crippen LogP contribution < -0.4 is 10.6 Å². The number of hydrogen-bond acceptors (Lipinski definition) is 3. The van der Waals surface area contributed by atoms with Crippen LogP contribution in [0, 0.1) is 11.7 Å². The number of carbonyl (C=O) groups is 1. The molecule has 0 atom stereocenters. The van der Waals surface area contributed by atoms with Gasteiger partial charge in [-0.25, -0.2) is 9.37 Å². The number of amides is 1. The summed E-state index contributed by atoms with van der Waals surface area (Å²) in [6.45, 7) is 2.75. The van der Waals surface area contributed by atoms with E-state index < -0.39 is 0 Å². The van der Waals surface area contributed by atoms with Crippen LogP contribution in [0.15, 0.2) is 48.8 Å². The summed E-state index contributed by atoms with van der Waals surface area (Å²) in [5.74, 6) is 0.204. The number of nitrogens with one attached hydrogen (secondary N) is 2. The lowest BCUT2D eigenvalue weighted by Crippen LogP contribution is -2.36. The Morgan fingerprint density at radius 3 is 2.69 bits per heavy atom. The van der Waals surface area contributed by atoms with Gasteiger partial charge in [-0.1, -0.05) is 0 Å². The molecule has 3 heterocycles. The number of nitrogens with zero attached hydrogens (tertiary/aromatic N) is 2. The third-order valence-electron chi connectivity index (χ3n) is 4.86. The van der Waals surface area contributed by atoms with Crippen LogP contribution in [0.2, 0.25) is 0 Å². The van der Waals surface area contributed by atoms with Crippen molar-refractivity contribution in [3.8, 4) is 11.3 Å². The molecule has 0 bridgehead atoms. The maximum absolute atomic E-state index is 13.1. The molecule has 1 aromatic carbocycles. The topological polar surface area (TPSA) is 58.4 Å². The van der Waals surface area contributed by atoms with Crippen LogP contribution in [-0.2, 0) is 0 Å². The molecule has 1 amide bonds. The molecule has 0 unspecified atom stereocenters. The number of halogens is 1. The molecular formula is C20H21FN4O. The van der Waals surface area contributed by atoms with Gasteiger partial charge in [0.2, 0.25) is 0 Å². The Morgan fingerprint density at radius 1 is 1.15 bits per heavy atom. The number of imidazole rings is 1. The Balaban J connectivity index is 1.49. The molecule has 0 saturated carbocycles. The predicted molar refractivity (Wildman–Crippen MR) is 98.5 cm³/mol. The first kappa shape index (κ1) is 16.7. The largest absolute Gasteiger partial charge is 0.352 e. The quantitative estimate of drug-likeness (QED) is 0.759. The molecule has 2 aromatic heterocycles. The summed E-state index contributed by atoms with van der Waals surface area (Å²) in [7, 11) is 0. The minimum Gasteiger partial charge on any atom is -0.352 e. The van der Waals surface area contributed by atoms with Gasteiger partial charge in [-0.15, -0.1) is 0 Å². The van der Waals surface area contributed by atoms with Gasteiger partial charge in [-0.2, -0.15) is 0 Å². The van der Waals surface area contributed by atoms with E-state index in [4.69, 9.17) is 0 Å². The van der Waals surface area contributed by atoms with Crippen molar-refractivity contribution in [2.75, 3.05) is 19.6 Å². The van der Waals surface area contributed by atoms with Crippen molar-refractivity contribution in [3.05, 3.63) is 60.2 Å². The van der Waals surface area contributed by atoms with Gasteiger partial charge in [0.25, 0.3) is 5.91 Å². The second kappa shape index (κ2) is 7.25. The van der Waals surface area contributed by atoms with Crippen LogP contribution in [0.4, 0.5) is 4.39 Å². The van der Waals surface area contributed by atoms with E-state index in [1.165, 1.54) is 12.1 Å². The first-order valence-corrected chi connectivity index (χ1v) is 8.93. The highest BCUT2D eigenvalue weighted by Crippen LogP contribution is 2.20. The Hall–Kier alpha value is -2.73. The summed E-state index contributed by atoms with van der Waals surface area (Å²) >= 11 is 0. The highest BCUT2D eigenvalue weighted by molar-refractivity contribution is 5.94. The molecule has 6 heteroatoms. The van der Waals surface area contributed by atoms with Crippen molar-refractivity contribution in [2.24, 2.45) is 5.92 Å². The molecule has 1 fully saturated rings. The molecule has 1 aliphatic heterocycles. The molecule has 0 radical (unpaired) electrons. The third kappa shape index (κ3) is 3.60. The Labute approximate surface area is 151 Å². The van der Waals surface area contributed by atoms with E-state index >= 15 is 0 Å². The van der Waals surface area contributed by atoms with Crippen LogP contribution in [0.3, 0.4) is 0 Å². The minimum absolute atomic E-state index is 0.0672. The molecular weight excluding hydrogens is 331 g/mol. The van der Waals surface area contributed by atoms with Gasteiger partial charge in [-0.3, -0.25) is 4.79 Å².